The van der Waals surface area contributed by atoms with Crippen molar-refractivity contribution in [1.29, 1.82) is 0 Å². The van der Waals surface area contributed by atoms with E-state index in [1.165, 1.54) is 6.08 Å². The van der Waals surface area contributed by atoms with Gasteiger partial charge in [0.25, 0.3) is 0 Å². The SMILES string of the molecule is O=C/C=C(/Cl)c1ccc(Br)o1. The van der Waals surface area contributed by atoms with Crippen LogP contribution in [0.2, 0.25) is 0 Å². The molecule has 0 fully saturated rings. The summed E-state index contributed by atoms with van der Waals surface area (Å²) in [4.78, 5) is 9.98. The molecule has 11 heavy (non-hydrogen) atoms. The van der Waals surface area contributed by atoms with Gasteiger partial charge in [-0.25, -0.2) is 0 Å². The smallest absolute Gasteiger partial charge is 0.169 e. The Balaban J connectivity index is 2.93. The highest BCUT2D eigenvalue weighted by atomic mass is 79.9. The lowest BCUT2D eigenvalue weighted by atomic mass is 10.4. The maximum Gasteiger partial charge on any atom is 0.169 e. The van der Waals surface area contributed by atoms with Crippen molar-refractivity contribution in [3.8, 4) is 0 Å². The van der Waals surface area contributed by atoms with Gasteiger partial charge in [0, 0.05) is 6.08 Å². The second-order valence-corrected chi connectivity index (χ2v) is 2.94. The van der Waals surface area contributed by atoms with Crippen molar-refractivity contribution in [3.05, 3.63) is 28.6 Å². The molecule has 0 N–H and O–H groups in total. The van der Waals surface area contributed by atoms with Crippen molar-refractivity contribution >= 4 is 38.8 Å². The monoisotopic (exact) mass is 234 g/mol. The van der Waals surface area contributed by atoms with E-state index >= 15 is 0 Å². The number of carbonyl (C=O) groups excluding carboxylic acids is 1. The van der Waals surface area contributed by atoms with Gasteiger partial charge in [-0.1, -0.05) is 11.6 Å². The molecular weight excluding hydrogens is 231 g/mol. The van der Waals surface area contributed by atoms with Gasteiger partial charge in [0.05, 0.1) is 5.03 Å². The van der Waals surface area contributed by atoms with Crippen LogP contribution in [-0.4, -0.2) is 6.29 Å². The zero-order valence-corrected chi connectivity index (χ0v) is 7.72. The van der Waals surface area contributed by atoms with Crippen LogP contribution in [0.25, 0.3) is 5.03 Å². The van der Waals surface area contributed by atoms with Crippen LogP contribution < -0.4 is 0 Å². The Morgan fingerprint density at radius 2 is 2.36 bits per heavy atom. The van der Waals surface area contributed by atoms with Crippen molar-refractivity contribution in [2.45, 2.75) is 0 Å². The van der Waals surface area contributed by atoms with Gasteiger partial charge in [0.1, 0.15) is 12.0 Å². The number of halogens is 2. The number of furan rings is 1. The van der Waals surface area contributed by atoms with Crippen molar-refractivity contribution in [2.75, 3.05) is 0 Å². The first kappa shape index (κ1) is 8.56. The second-order valence-electron chi connectivity index (χ2n) is 1.75. The fourth-order valence-electron chi connectivity index (χ4n) is 0.585. The van der Waals surface area contributed by atoms with Gasteiger partial charge in [0.2, 0.25) is 0 Å². The Labute approximate surface area is 77.0 Å². The molecule has 0 radical (unpaired) electrons. The topological polar surface area (TPSA) is 30.2 Å². The quantitative estimate of drug-likeness (QED) is 0.583. The van der Waals surface area contributed by atoms with E-state index in [1.54, 1.807) is 12.1 Å². The van der Waals surface area contributed by atoms with Gasteiger partial charge in [-0.3, -0.25) is 4.79 Å². The van der Waals surface area contributed by atoms with Gasteiger partial charge in [-0.2, -0.15) is 0 Å². The number of hydrogen-bond acceptors (Lipinski definition) is 2. The maximum absolute atomic E-state index is 9.98. The van der Waals surface area contributed by atoms with Crippen molar-refractivity contribution in [1.82, 2.24) is 0 Å². The van der Waals surface area contributed by atoms with Gasteiger partial charge >= 0.3 is 0 Å². The Kier molecular flexibility index (Phi) is 2.91. The number of aldehydes is 1. The minimum Gasteiger partial charge on any atom is -0.448 e. The Bertz CT molecular complexity index is 290. The van der Waals surface area contributed by atoms with Crippen LogP contribution in [0.1, 0.15) is 5.76 Å². The first-order valence-electron chi connectivity index (χ1n) is 2.80. The van der Waals surface area contributed by atoms with E-state index in [0.717, 1.165) is 0 Å². The standard InChI is InChI=1S/C7H4BrClO2/c8-7-2-1-6(11-7)5(9)3-4-10/h1-4H/b5-3+. The number of allylic oxidation sites excluding steroid dienone is 1. The lowest BCUT2D eigenvalue weighted by Gasteiger charge is -1.87. The minimum atomic E-state index is 0.297. The van der Waals surface area contributed by atoms with E-state index in [1.807, 2.05) is 0 Å². The zero-order chi connectivity index (χ0) is 8.27. The van der Waals surface area contributed by atoms with E-state index in [4.69, 9.17) is 16.0 Å². The lowest BCUT2D eigenvalue weighted by Crippen LogP contribution is -1.70. The molecule has 0 aliphatic carbocycles. The number of carbonyl (C=O) groups is 1. The summed E-state index contributed by atoms with van der Waals surface area (Å²) in [6, 6.07) is 3.38. The predicted octanol–water partition coefficient (Wildman–Crippen LogP) is 2.82. The summed E-state index contributed by atoms with van der Waals surface area (Å²) in [5, 5.41) is 0.297. The molecule has 1 heterocycles. The van der Waals surface area contributed by atoms with Crippen LogP contribution in [0.4, 0.5) is 0 Å². The third kappa shape index (κ3) is 2.20. The van der Waals surface area contributed by atoms with E-state index in [-0.39, 0.29) is 0 Å². The highest BCUT2D eigenvalue weighted by molar-refractivity contribution is 9.10. The van der Waals surface area contributed by atoms with Crippen LogP contribution in [0, 0.1) is 0 Å². The minimum absolute atomic E-state index is 0.297. The van der Waals surface area contributed by atoms with Crippen LogP contribution in [0.5, 0.6) is 0 Å². The van der Waals surface area contributed by atoms with Gasteiger partial charge in [-0.05, 0) is 28.1 Å². The first-order chi connectivity index (χ1) is 5.24. The number of hydrogen-bond donors (Lipinski definition) is 0. The fourth-order valence-corrected chi connectivity index (χ4v) is 1.04. The third-order valence-corrected chi connectivity index (χ3v) is 1.76. The molecule has 0 aromatic carbocycles. The van der Waals surface area contributed by atoms with E-state index in [9.17, 15) is 4.79 Å². The normalized spacial score (nSPS) is 11.6. The van der Waals surface area contributed by atoms with E-state index in [2.05, 4.69) is 15.9 Å². The molecule has 0 saturated heterocycles. The molecule has 0 bridgehead atoms. The summed E-state index contributed by atoms with van der Waals surface area (Å²) < 4.78 is 5.64. The molecule has 58 valence electrons. The van der Waals surface area contributed by atoms with Crippen LogP contribution in [-0.2, 0) is 4.79 Å². The molecule has 0 unspecified atom stereocenters. The summed E-state index contributed by atoms with van der Waals surface area (Å²) in [7, 11) is 0. The predicted molar refractivity (Wildman–Crippen MR) is 46.3 cm³/mol. The highest BCUT2D eigenvalue weighted by Gasteiger charge is 2.01. The molecule has 1 rings (SSSR count). The highest BCUT2D eigenvalue weighted by Crippen LogP contribution is 2.23. The maximum atomic E-state index is 9.98. The van der Waals surface area contributed by atoms with Crippen molar-refractivity contribution < 1.29 is 9.21 Å². The summed E-state index contributed by atoms with van der Waals surface area (Å²) >= 11 is 8.75. The zero-order valence-electron chi connectivity index (χ0n) is 5.38. The molecule has 0 atom stereocenters. The fraction of sp³-hybridized carbons (Fsp3) is 0. The van der Waals surface area contributed by atoms with E-state index < -0.39 is 0 Å². The molecule has 0 aliphatic rings. The molecule has 1 aromatic rings. The lowest BCUT2D eigenvalue weighted by molar-refractivity contribution is -0.104. The molecule has 0 spiro atoms. The summed E-state index contributed by atoms with van der Waals surface area (Å²) in [5.41, 5.74) is 0. The largest absolute Gasteiger partial charge is 0.448 e. The molecule has 1 aromatic heterocycles. The van der Waals surface area contributed by atoms with Crippen LogP contribution in [0.3, 0.4) is 0 Å². The molecule has 0 aliphatic heterocycles. The van der Waals surface area contributed by atoms with Crippen molar-refractivity contribution in [2.24, 2.45) is 0 Å². The average molecular weight is 235 g/mol. The van der Waals surface area contributed by atoms with Crippen molar-refractivity contribution in [3.63, 3.8) is 0 Å². The summed E-state index contributed by atoms with van der Waals surface area (Å²) in [6.07, 6.45) is 1.84. The van der Waals surface area contributed by atoms with Gasteiger partial charge < -0.3 is 4.42 Å². The average Bonchev–Trinajstić information content (AvgIpc) is 2.36. The summed E-state index contributed by atoms with van der Waals surface area (Å²) in [5.74, 6) is 0.477. The first-order valence-corrected chi connectivity index (χ1v) is 3.98. The van der Waals surface area contributed by atoms with E-state index in [0.29, 0.717) is 21.7 Å². The number of rotatable bonds is 2. The van der Waals surface area contributed by atoms with Crippen LogP contribution in [0.15, 0.2) is 27.3 Å². The molecule has 0 saturated carbocycles. The Morgan fingerprint density at radius 3 is 2.82 bits per heavy atom. The molecule has 0 amide bonds. The van der Waals surface area contributed by atoms with Gasteiger partial charge in [-0.15, -0.1) is 0 Å². The Hall–Kier alpha value is -0.540. The molecule has 4 heteroatoms. The molecule has 2 nitrogen and oxygen atoms in total. The summed E-state index contributed by atoms with van der Waals surface area (Å²) in [6.45, 7) is 0. The molecular formula is C7H4BrClO2. The second kappa shape index (κ2) is 3.74. The van der Waals surface area contributed by atoms with Gasteiger partial charge in [0.15, 0.2) is 4.67 Å². The van der Waals surface area contributed by atoms with Crippen LogP contribution >= 0.6 is 27.5 Å². The third-order valence-electron chi connectivity index (χ3n) is 1.02. The Morgan fingerprint density at radius 1 is 1.64 bits per heavy atom.